The molecular formula is C8H10F3N3. The van der Waals surface area contributed by atoms with Gasteiger partial charge in [-0.1, -0.05) is 0 Å². The van der Waals surface area contributed by atoms with Crippen LogP contribution in [-0.4, -0.2) is 11.2 Å². The van der Waals surface area contributed by atoms with E-state index in [1.54, 1.807) is 0 Å². The molecule has 4 N–H and O–H groups in total. The fraction of sp³-hybridized carbons (Fsp3) is 0.375. The first kappa shape index (κ1) is 10.6. The average molecular weight is 205 g/mol. The van der Waals surface area contributed by atoms with Crippen LogP contribution in [0, 0.1) is 0 Å². The van der Waals surface area contributed by atoms with Crippen molar-refractivity contribution in [3.05, 3.63) is 18.0 Å². The molecule has 0 amide bonds. The monoisotopic (exact) mass is 205 g/mol. The number of alkyl halides is 3. The van der Waals surface area contributed by atoms with Crippen LogP contribution in [0.3, 0.4) is 0 Å². The second-order valence-corrected chi connectivity index (χ2v) is 2.96. The number of anilines is 2. The van der Waals surface area contributed by atoms with Crippen molar-refractivity contribution in [3.8, 4) is 0 Å². The zero-order valence-corrected chi connectivity index (χ0v) is 7.47. The van der Waals surface area contributed by atoms with Gasteiger partial charge in [0.1, 0.15) is 0 Å². The molecule has 0 aliphatic carbocycles. The van der Waals surface area contributed by atoms with E-state index in [1.165, 1.54) is 12.3 Å². The van der Waals surface area contributed by atoms with E-state index in [4.69, 9.17) is 11.5 Å². The fourth-order valence-electron chi connectivity index (χ4n) is 1.01. The van der Waals surface area contributed by atoms with E-state index in [0.717, 1.165) is 6.92 Å². The van der Waals surface area contributed by atoms with Gasteiger partial charge in [-0.25, -0.2) is 0 Å². The number of aromatic nitrogens is 1. The van der Waals surface area contributed by atoms with Crippen molar-refractivity contribution >= 4 is 11.4 Å². The maximum atomic E-state index is 12.3. The predicted octanol–water partition coefficient (Wildman–Crippen LogP) is 1.91. The van der Waals surface area contributed by atoms with E-state index in [1.807, 2.05) is 0 Å². The van der Waals surface area contributed by atoms with Gasteiger partial charge in [0, 0.05) is 6.20 Å². The van der Waals surface area contributed by atoms with Crippen molar-refractivity contribution in [3.63, 3.8) is 0 Å². The Labute approximate surface area is 78.9 Å². The van der Waals surface area contributed by atoms with Crippen molar-refractivity contribution in [2.24, 2.45) is 0 Å². The molecule has 0 aromatic carbocycles. The van der Waals surface area contributed by atoms with Gasteiger partial charge < -0.3 is 11.5 Å². The lowest BCUT2D eigenvalue weighted by Crippen LogP contribution is -2.20. The highest BCUT2D eigenvalue weighted by Gasteiger charge is 2.39. The maximum absolute atomic E-state index is 12.3. The van der Waals surface area contributed by atoms with Crippen LogP contribution in [0.2, 0.25) is 0 Å². The Morgan fingerprint density at radius 2 is 1.93 bits per heavy atom. The standard InChI is InChI=1S/C8H10F3N3/c1-4(8(9,10)11)7-6(13)5(12)2-3-14-7/h2-4H,13H2,1H3,(H2,12,14). The van der Waals surface area contributed by atoms with E-state index >= 15 is 0 Å². The summed E-state index contributed by atoms with van der Waals surface area (Å²) >= 11 is 0. The molecule has 78 valence electrons. The third kappa shape index (κ3) is 1.89. The van der Waals surface area contributed by atoms with Gasteiger partial charge in [0.15, 0.2) is 0 Å². The van der Waals surface area contributed by atoms with Crippen LogP contribution < -0.4 is 11.5 Å². The van der Waals surface area contributed by atoms with Crippen LogP contribution >= 0.6 is 0 Å². The number of nitrogens with two attached hydrogens (primary N) is 2. The van der Waals surface area contributed by atoms with Crippen LogP contribution in [0.5, 0.6) is 0 Å². The summed E-state index contributed by atoms with van der Waals surface area (Å²) < 4.78 is 36.9. The van der Waals surface area contributed by atoms with Gasteiger partial charge in [0.2, 0.25) is 0 Å². The second kappa shape index (κ2) is 3.36. The molecule has 1 aromatic heterocycles. The molecule has 6 heteroatoms. The molecule has 0 radical (unpaired) electrons. The molecule has 0 aliphatic heterocycles. The largest absolute Gasteiger partial charge is 0.397 e. The first-order valence-electron chi connectivity index (χ1n) is 3.90. The number of halogens is 3. The topological polar surface area (TPSA) is 64.9 Å². The normalized spacial score (nSPS) is 14.0. The number of nitrogens with zero attached hydrogens (tertiary/aromatic N) is 1. The van der Waals surface area contributed by atoms with Gasteiger partial charge in [-0.2, -0.15) is 13.2 Å². The van der Waals surface area contributed by atoms with Crippen molar-refractivity contribution in [2.45, 2.75) is 19.0 Å². The minimum Gasteiger partial charge on any atom is -0.397 e. The summed E-state index contributed by atoms with van der Waals surface area (Å²) in [6, 6.07) is 1.36. The van der Waals surface area contributed by atoms with Gasteiger partial charge in [-0.15, -0.1) is 0 Å². The van der Waals surface area contributed by atoms with Crippen LogP contribution in [0.4, 0.5) is 24.5 Å². The molecule has 1 atom stereocenters. The lowest BCUT2D eigenvalue weighted by atomic mass is 10.0. The molecule has 1 unspecified atom stereocenters. The van der Waals surface area contributed by atoms with E-state index in [-0.39, 0.29) is 17.1 Å². The molecule has 0 bridgehead atoms. The fourth-order valence-corrected chi connectivity index (χ4v) is 1.01. The Balaban J connectivity index is 3.14. The molecule has 0 saturated heterocycles. The number of nitrogen functional groups attached to an aromatic ring is 2. The lowest BCUT2D eigenvalue weighted by molar-refractivity contribution is -0.146. The highest BCUT2D eigenvalue weighted by molar-refractivity contribution is 5.65. The highest BCUT2D eigenvalue weighted by atomic mass is 19.4. The van der Waals surface area contributed by atoms with Gasteiger partial charge in [-0.05, 0) is 13.0 Å². The Hall–Kier alpha value is -1.46. The number of rotatable bonds is 1. The van der Waals surface area contributed by atoms with Crippen molar-refractivity contribution in [1.82, 2.24) is 4.98 Å². The molecule has 0 fully saturated rings. The molecular weight excluding hydrogens is 195 g/mol. The smallest absolute Gasteiger partial charge is 0.397 e. The third-order valence-corrected chi connectivity index (χ3v) is 1.96. The van der Waals surface area contributed by atoms with E-state index in [0.29, 0.717) is 0 Å². The minimum absolute atomic E-state index is 0.0997. The summed E-state index contributed by atoms with van der Waals surface area (Å²) in [5.74, 6) is -1.70. The second-order valence-electron chi connectivity index (χ2n) is 2.96. The van der Waals surface area contributed by atoms with Gasteiger partial charge >= 0.3 is 6.18 Å². The molecule has 0 spiro atoms. The van der Waals surface area contributed by atoms with Gasteiger partial charge in [-0.3, -0.25) is 4.98 Å². The van der Waals surface area contributed by atoms with Crippen molar-refractivity contribution in [1.29, 1.82) is 0 Å². The quantitative estimate of drug-likeness (QED) is 0.736. The third-order valence-electron chi connectivity index (χ3n) is 1.96. The summed E-state index contributed by atoms with van der Waals surface area (Å²) in [5.41, 5.74) is 10.6. The van der Waals surface area contributed by atoms with Crippen molar-refractivity contribution in [2.75, 3.05) is 11.5 Å². The Kier molecular flexibility index (Phi) is 2.55. The molecule has 0 saturated carbocycles. The number of hydrogen-bond donors (Lipinski definition) is 2. The van der Waals surface area contributed by atoms with Crippen LogP contribution in [0.25, 0.3) is 0 Å². The molecule has 1 aromatic rings. The van der Waals surface area contributed by atoms with Crippen LogP contribution in [-0.2, 0) is 0 Å². The predicted molar refractivity (Wildman–Crippen MR) is 47.5 cm³/mol. The van der Waals surface area contributed by atoms with Crippen molar-refractivity contribution < 1.29 is 13.2 Å². The van der Waals surface area contributed by atoms with Gasteiger partial charge in [0.05, 0.1) is 23.0 Å². The molecule has 0 aliphatic rings. The average Bonchev–Trinajstić information content (AvgIpc) is 2.07. The number of hydrogen-bond acceptors (Lipinski definition) is 3. The van der Waals surface area contributed by atoms with Gasteiger partial charge in [0.25, 0.3) is 0 Å². The molecule has 14 heavy (non-hydrogen) atoms. The SMILES string of the molecule is CC(c1nccc(N)c1N)C(F)(F)F. The molecule has 3 nitrogen and oxygen atoms in total. The summed E-state index contributed by atoms with van der Waals surface area (Å²) in [7, 11) is 0. The highest BCUT2D eigenvalue weighted by Crippen LogP contribution is 2.36. The zero-order chi connectivity index (χ0) is 10.9. The lowest BCUT2D eigenvalue weighted by Gasteiger charge is -2.17. The minimum atomic E-state index is -4.35. The van der Waals surface area contributed by atoms with E-state index < -0.39 is 12.1 Å². The van der Waals surface area contributed by atoms with E-state index in [2.05, 4.69) is 4.98 Å². The summed E-state index contributed by atoms with van der Waals surface area (Å²) in [5, 5.41) is 0. The summed E-state index contributed by atoms with van der Waals surface area (Å²) in [4.78, 5) is 3.58. The maximum Gasteiger partial charge on any atom is 0.397 e. The summed E-state index contributed by atoms with van der Waals surface area (Å²) in [6.45, 7) is 0.998. The number of pyridine rings is 1. The zero-order valence-electron chi connectivity index (χ0n) is 7.47. The van der Waals surface area contributed by atoms with Crippen LogP contribution in [0.1, 0.15) is 18.5 Å². The Morgan fingerprint density at radius 1 is 1.36 bits per heavy atom. The first-order chi connectivity index (χ1) is 6.34. The summed E-state index contributed by atoms with van der Waals surface area (Å²) in [6.07, 6.45) is -3.14. The van der Waals surface area contributed by atoms with E-state index in [9.17, 15) is 13.2 Å². The molecule has 1 rings (SSSR count). The first-order valence-corrected chi connectivity index (χ1v) is 3.90. The molecule has 1 heterocycles. The Morgan fingerprint density at radius 3 is 2.43 bits per heavy atom. The van der Waals surface area contributed by atoms with Crippen LogP contribution in [0.15, 0.2) is 12.3 Å². The Bertz CT molecular complexity index is 335.